The van der Waals surface area contributed by atoms with Gasteiger partial charge in [0.1, 0.15) is 0 Å². The fraction of sp³-hybridized carbons (Fsp3) is 0.167. The van der Waals surface area contributed by atoms with Crippen LogP contribution in [0.4, 0.5) is 0 Å². The molecule has 0 bridgehead atoms. The van der Waals surface area contributed by atoms with Crippen LogP contribution in [0.1, 0.15) is 0 Å². The zero-order valence-electron chi connectivity index (χ0n) is 10.7. The maximum Gasteiger partial charge on any atom is 0.0623 e. The number of nitrogens with one attached hydrogen (secondary N) is 1. The number of nitrogens with zero attached hydrogens (tertiary/aromatic N) is 1. The van der Waals surface area contributed by atoms with E-state index < -0.39 is 12.0 Å². The number of aliphatic carboxylic acids is 1. The predicted octanol–water partition coefficient (Wildman–Crippen LogP) is -0.931. The standard InChI is InChI=1S/C9H7NO.C3H6NO2S.H2O.O.U/c11-8-5-1-3-7-4-2-6-10-9(7)8;4-2(1-7)3(5)6;;;/h1-6,11H;2,4,7H,1H2,(H,5,6);1H2;;/q;-1;;-2;/p-3. The first-order valence-corrected chi connectivity index (χ1v) is 5.65. The number of benzene rings is 1. The van der Waals surface area contributed by atoms with E-state index in [0.717, 1.165) is 5.39 Å². The molecule has 2 aromatic rings. The molecule has 0 fully saturated rings. The van der Waals surface area contributed by atoms with Gasteiger partial charge in [-0.1, -0.05) is 30.0 Å². The molecule has 1 unspecified atom stereocenters. The minimum absolute atomic E-state index is 0. The maximum atomic E-state index is 11.1. The van der Waals surface area contributed by atoms with Crippen LogP contribution < -0.4 is 10.2 Å². The summed E-state index contributed by atoms with van der Waals surface area (Å²) < 4.78 is 0. The van der Waals surface area contributed by atoms with E-state index in [4.69, 9.17) is 5.73 Å². The smallest absolute Gasteiger partial charge is 0.0623 e. The van der Waals surface area contributed by atoms with Gasteiger partial charge < -0.3 is 44.3 Å². The molecule has 2 rings (SSSR count). The topological polar surface area (TPSA) is 160 Å². The van der Waals surface area contributed by atoms with Crippen LogP contribution in [0.5, 0.6) is 5.75 Å². The normalized spacial score (nSPS) is 9.81. The molecular formula is C12H12N2O5SU-6. The molecule has 1 atom stereocenters. The number of fused-ring (bicyclic) bond motifs is 1. The first kappa shape index (κ1) is 25.2. The van der Waals surface area contributed by atoms with Gasteiger partial charge >= 0.3 is 0 Å². The second-order valence-corrected chi connectivity index (χ2v) is 3.70. The zero-order chi connectivity index (χ0) is 13.5. The molecule has 0 radical (unpaired) electrons. The Labute approximate surface area is 151 Å². The molecule has 0 aliphatic carbocycles. The number of hydrogen-bond acceptors (Lipinski definition) is 5. The van der Waals surface area contributed by atoms with Crippen molar-refractivity contribution in [1.29, 1.82) is 0 Å². The molecule has 0 saturated carbocycles. The van der Waals surface area contributed by atoms with E-state index in [9.17, 15) is 15.0 Å². The third-order valence-corrected chi connectivity index (χ3v) is 2.38. The Balaban J connectivity index is -0.000000293. The molecule has 21 heavy (non-hydrogen) atoms. The van der Waals surface area contributed by atoms with E-state index in [1.165, 1.54) is 6.07 Å². The second-order valence-electron chi connectivity index (χ2n) is 3.37. The van der Waals surface area contributed by atoms with Gasteiger partial charge in [-0.15, -0.1) is 6.04 Å². The maximum absolute atomic E-state index is 11.1. The summed E-state index contributed by atoms with van der Waals surface area (Å²) in [5.41, 5.74) is 7.06. The van der Waals surface area contributed by atoms with Crippen molar-refractivity contribution in [2.45, 2.75) is 6.04 Å². The summed E-state index contributed by atoms with van der Waals surface area (Å²) in [4.78, 5) is 13.5. The van der Waals surface area contributed by atoms with E-state index in [1.807, 2.05) is 18.2 Å². The molecule has 0 spiro atoms. The molecule has 9 heteroatoms. The average Bonchev–Trinajstić information content (AvgIpc) is 2.39. The van der Waals surface area contributed by atoms with Gasteiger partial charge in [-0.25, -0.2) is 0 Å². The van der Waals surface area contributed by atoms with Gasteiger partial charge in [0.15, 0.2) is 0 Å². The van der Waals surface area contributed by atoms with Crippen molar-refractivity contribution in [2.24, 2.45) is 0 Å². The Morgan fingerprint density at radius 3 is 2.33 bits per heavy atom. The van der Waals surface area contributed by atoms with Crippen molar-refractivity contribution in [3.8, 4) is 5.75 Å². The number of carboxylic acids is 1. The molecule has 1 heterocycles. The second kappa shape index (κ2) is 12.9. The van der Waals surface area contributed by atoms with Crippen LogP contribution in [0.2, 0.25) is 0 Å². The fourth-order valence-electron chi connectivity index (χ4n) is 1.14. The van der Waals surface area contributed by atoms with Gasteiger partial charge in [-0.2, -0.15) is 5.75 Å². The number of aromatic nitrogens is 1. The van der Waals surface area contributed by atoms with Crippen molar-refractivity contribution in [3.05, 3.63) is 42.3 Å². The molecule has 0 aliphatic rings. The van der Waals surface area contributed by atoms with Gasteiger partial charge in [0.05, 0.1) is 5.52 Å². The van der Waals surface area contributed by atoms with Crippen LogP contribution in [-0.2, 0) is 22.9 Å². The Kier molecular flexibility index (Phi) is 15.4. The third-order valence-electron chi connectivity index (χ3n) is 2.05. The summed E-state index contributed by atoms with van der Waals surface area (Å²) in [5.74, 6) is -1.50. The van der Waals surface area contributed by atoms with Gasteiger partial charge in [-0.3, -0.25) is 4.98 Å². The van der Waals surface area contributed by atoms with Crippen molar-refractivity contribution >= 4 is 29.5 Å². The Morgan fingerprint density at radius 1 is 1.33 bits per heavy atom. The van der Waals surface area contributed by atoms with E-state index >= 15 is 0 Å². The monoisotopic (exact) mass is 534 g/mol. The molecule has 3 N–H and O–H groups in total. The molecular weight excluding hydrogens is 522 g/mol. The first-order valence-electron chi connectivity index (χ1n) is 5.07. The zero-order valence-corrected chi connectivity index (χ0v) is 15.7. The number of pyridine rings is 1. The SMILES string of the molecule is O.[NH-]C(C[S-])C(=O)[O-].[O-2].[O-]c1cccc2cccnc12.[U]. The Bertz CT molecular complexity index is 539. The van der Waals surface area contributed by atoms with Crippen LogP contribution >= 0.6 is 0 Å². The largest absolute Gasteiger partial charge is 2.00 e. The van der Waals surface area contributed by atoms with Crippen LogP contribution in [0.3, 0.4) is 0 Å². The average molecular weight is 534 g/mol. The fourth-order valence-corrected chi connectivity index (χ4v) is 1.28. The van der Waals surface area contributed by atoms with E-state index in [1.54, 1.807) is 12.3 Å². The first-order chi connectivity index (χ1) is 8.56. The van der Waals surface area contributed by atoms with Gasteiger partial charge in [-0.05, 0) is 11.5 Å². The Morgan fingerprint density at radius 2 is 1.90 bits per heavy atom. The predicted molar refractivity (Wildman–Crippen MR) is 70.8 cm³/mol. The number of carbonyl (C=O) groups excluding carboxylic acids is 1. The van der Waals surface area contributed by atoms with E-state index in [-0.39, 0.29) is 53.6 Å². The van der Waals surface area contributed by atoms with Crippen LogP contribution in [0, 0.1) is 31.1 Å². The number of carboxylic acid groups (broad SMARTS) is 1. The molecule has 116 valence electrons. The van der Waals surface area contributed by atoms with Crippen LogP contribution in [-0.4, -0.2) is 28.2 Å². The van der Waals surface area contributed by atoms with Crippen molar-refractivity contribution in [2.75, 3.05) is 5.75 Å². The van der Waals surface area contributed by atoms with Crippen molar-refractivity contribution in [3.63, 3.8) is 0 Å². The number of hydrogen-bond donors (Lipinski definition) is 0. The molecule has 7 nitrogen and oxygen atoms in total. The van der Waals surface area contributed by atoms with E-state index in [2.05, 4.69) is 17.6 Å². The van der Waals surface area contributed by atoms with Crippen LogP contribution in [0.15, 0.2) is 36.5 Å². The van der Waals surface area contributed by atoms with Crippen LogP contribution in [0.25, 0.3) is 16.6 Å². The summed E-state index contributed by atoms with van der Waals surface area (Å²) in [7, 11) is 0. The minimum atomic E-state index is -1.39. The molecule has 1 aromatic heterocycles. The van der Waals surface area contributed by atoms with Gasteiger partial charge in [0, 0.05) is 43.3 Å². The van der Waals surface area contributed by atoms with Crippen molar-refractivity contribution in [1.82, 2.24) is 4.98 Å². The number of carbonyl (C=O) groups is 1. The summed E-state index contributed by atoms with van der Waals surface area (Å²) in [6.07, 6.45) is 1.63. The summed E-state index contributed by atoms with van der Waals surface area (Å²) in [5, 5.41) is 21.6. The molecule has 1 aromatic carbocycles. The third kappa shape index (κ3) is 8.26. The summed E-state index contributed by atoms with van der Waals surface area (Å²) >= 11 is 4.24. The quantitative estimate of drug-likeness (QED) is 0.455. The summed E-state index contributed by atoms with van der Waals surface area (Å²) in [6.45, 7) is 0. The van der Waals surface area contributed by atoms with Gasteiger partial charge in [0.25, 0.3) is 0 Å². The Hall–Kier alpha value is -0.818. The minimum Gasteiger partial charge on any atom is -2.00 e. The molecule has 0 saturated heterocycles. The molecule has 0 amide bonds. The summed E-state index contributed by atoms with van der Waals surface area (Å²) in [6, 6.07) is 7.62. The number of rotatable bonds is 2. The van der Waals surface area contributed by atoms with Crippen molar-refractivity contribution < 1.29 is 57.1 Å². The van der Waals surface area contributed by atoms with Gasteiger partial charge in [0.2, 0.25) is 0 Å². The molecule has 0 aliphatic heterocycles. The van der Waals surface area contributed by atoms with E-state index in [0.29, 0.717) is 5.52 Å². The number of para-hydroxylation sites is 1.